The number of amides is 2. The van der Waals surface area contributed by atoms with E-state index in [0.717, 1.165) is 12.8 Å². The van der Waals surface area contributed by atoms with Crippen molar-refractivity contribution < 1.29 is 9.59 Å². The predicted molar refractivity (Wildman–Crippen MR) is 83.7 cm³/mol. The first-order valence-electron chi connectivity index (χ1n) is 6.98. The fourth-order valence-corrected chi connectivity index (χ4v) is 2.35. The van der Waals surface area contributed by atoms with Crippen LogP contribution in [0.5, 0.6) is 0 Å². The summed E-state index contributed by atoms with van der Waals surface area (Å²) >= 11 is 1.26. The van der Waals surface area contributed by atoms with Crippen molar-refractivity contribution in [2.45, 2.75) is 26.2 Å². The zero-order valence-corrected chi connectivity index (χ0v) is 13.0. The number of nitrogens with zero attached hydrogens (tertiary/aromatic N) is 3. The van der Waals surface area contributed by atoms with E-state index in [9.17, 15) is 9.59 Å². The number of hydrogen-bond acceptors (Lipinski definition) is 6. The quantitative estimate of drug-likeness (QED) is 0.756. The van der Waals surface area contributed by atoms with Gasteiger partial charge in [0.05, 0.1) is 12.1 Å². The van der Waals surface area contributed by atoms with Crippen LogP contribution < -0.4 is 10.6 Å². The van der Waals surface area contributed by atoms with Gasteiger partial charge in [-0.3, -0.25) is 14.9 Å². The van der Waals surface area contributed by atoms with E-state index in [-0.39, 0.29) is 18.2 Å². The highest BCUT2D eigenvalue weighted by molar-refractivity contribution is 7.14. The Hall–Kier alpha value is -2.35. The van der Waals surface area contributed by atoms with E-state index in [1.807, 2.05) is 0 Å². The van der Waals surface area contributed by atoms with Crippen molar-refractivity contribution in [3.63, 3.8) is 0 Å². The molecule has 0 spiro atoms. The molecule has 0 bridgehead atoms. The molecule has 0 aromatic carbocycles. The lowest BCUT2D eigenvalue weighted by molar-refractivity contribution is -0.120. The molecule has 0 fully saturated rings. The standard InChI is InChI=1S/C14H17N5O2S/c1-2-3-5-15-11(20)8-10-9-22-14(18-10)19-13(21)12-16-6-4-7-17-12/h4,6-7,9H,2-3,5,8H2,1H3,(H,15,20)(H,18,19,21). The van der Waals surface area contributed by atoms with Crippen LogP contribution in [0.2, 0.25) is 0 Å². The Balaban J connectivity index is 1.86. The Morgan fingerprint density at radius 2 is 2.05 bits per heavy atom. The first-order chi connectivity index (χ1) is 10.7. The molecule has 7 nitrogen and oxygen atoms in total. The summed E-state index contributed by atoms with van der Waals surface area (Å²) in [4.78, 5) is 35.5. The number of rotatable bonds is 7. The van der Waals surface area contributed by atoms with Crippen LogP contribution in [0.4, 0.5) is 5.13 Å². The van der Waals surface area contributed by atoms with Gasteiger partial charge in [0, 0.05) is 24.3 Å². The van der Waals surface area contributed by atoms with Crippen molar-refractivity contribution in [3.05, 3.63) is 35.4 Å². The molecule has 2 amide bonds. The van der Waals surface area contributed by atoms with E-state index in [4.69, 9.17) is 0 Å². The molecule has 116 valence electrons. The van der Waals surface area contributed by atoms with Crippen molar-refractivity contribution >= 4 is 28.3 Å². The van der Waals surface area contributed by atoms with Gasteiger partial charge in [-0.05, 0) is 12.5 Å². The van der Waals surface area contributed by atoms with E-state index in [1.165, 1.54) is 23.7 Å². The molecule has 0 saturated heterocycles. The summed E-state index contributed by atoms with van der Waals surface area (Å²) in [5.41, 5.74) is 0.628. The van der Waals surface area contributed by atoms with Crippen LogP contribution in [0.25, 0.3) is 0 Å². The van der Waals surface area contributed by atoms with Crippen molar-refractivity contribution in [3.8, 4) is 0 Å². The molecule has 2 rings (SSSR count). The summed E-state index contributed by atoms with van der Waals surface area (Å²) in [6, 6.07) is 1.63. The molecule has 8 heteroatoms. The molecule has 0 radical (unpaired) electrons. The van der Waals surface area contributed by atoms with Crippen LogP contribution in [0.1, 0.15) is 36.1 Å². The zero-order chi connectivity index (χ0) is 15.8. The van der Waals surface area contributed by atoms with Gasteiger partial charge in [-0.15, -0.1) is 11.3 Å². The first-order valence-corrected chi connectivity index (χ1v) is 7.86. The maximum atomic E-state index is 11.9. The number of aromatic nitrogens is 3. The smallest absolute Gasteiger partial charge is 0.295 e. The third-order valence-corrected chi connectivity index (χ3v) is 3.54. The van der Waals surface area contributed by atoms with E-state index in [1.54, 1.807) is 11.4 Å². The van der Waals surface area contributed by atoms with Gasteiger partial charge in [-0.2, -0.15) is 0 Å². The van der Waals surface area contributed by atoms with Crippen molar-refractivity contribution in [2.24, 2.45) is 0 Å². The van der Waals surface area contributed by atoms with Crippen LogP contribution in [-0.2, 0) is 11.2 Å². The van der Waals surface area contributed by atoms with Crippen molar-refractivity contribution in [2.75, 3.05) is 11.9 Å². The Kier molecular flexibility index (Phi) is 5.96. The molecule has 0 unspecified atom stereocenters. The summed E-state index contributed by atoms with van der Waals surface area (Å²) in [6.45, 7) is 2.74. The van der Waals surface area contributed by atoms with Crippen LogP contribution >= 0.6 is 11.3 Å². The monoisotopic (exact) mass is 319 g/mol. The second kappa shape index (κ2) is 8.18. The van der Waals surface area contributed by atoms with E-state index < -0.39 is 5.91 Å². The molecule has 0 aliphatic heterocycles. The number of thiazole rings is 1. The summed E-state index contributed by atoms with van der Waals surface area (Å²) in [7, 11) is 0. The van der Waals surface area contributed by atoms with Crippen molar-refractivity contribution in [1.82, 2.24) is 20.3 Å². The Bertz CT molecular complexity index is 629. The van der Waals surface area contributed by atoms with Gasteiger partial charge in [-0.1, -0.05) is 13.3 Å². The molecule has 0 saturated carbocycles. The maximum Gasteiger partial charge on any atom is 0.295 e. The number of carbonyl (C=O) groups is 2. The van der Waals surface area contributed by atoms with Crippen molar-refractivity contribution in [1.29, 1.82) is 0 Å². The Morgan fingerprint density at radius 3 is 2.77 bits per heavy atom. The van der Waals surface area contributed by atoms with E-state index in [0.29, 0.717) is 17.4 Å². The molecule has 0 aliphatic carbocycles. The average molecular weight is 319 g/mol. The highest BCUT2D eigenvalue weighted by Crippen LogP contribution is 2.16. The molecule has 0 aliphatic rings. The topological polar surface area (TPSA) is 96.9 Å². The summed E-state index contributed by atoms with van der Waals surface area (Å²) < 4.78 is 0. The summed E-state index contributed by atoms with van der Waals surface area (Å²) in [6.07, 6.45) is 5.19. The van der Waals surface area contributed by atoms with Gasteiger partial charge < -0.3 is 5.32 Å². The molecule has 2 heterocycles. The first kappa shape index (κ1) is 16.0. The molecule has 0 atom stereocenters. The minimum atomic E-state index is -0.422. The third-order valence-electron chi connectivity index (χ3n) is 2.74. The fraction of sp³-hybridized carbons (Fsp3) is 0.357. The van der Waals surface area contributed by atoms with Gasteiger partial charge in [0.2, 0.25) is 11.7 Å². The minimum Gasteiger partial charge on any atom is -0.356 e. The zero-order valence-electron chi connectivity index (χ0n) is 12.2. The van der Waals surface area contributed by atoms with Gasteiger partial charge >= 0.3 is 0 Å². The van der Waals surface area contributed by atoms with Gasteiger partial charge in [0.15, 0.2) is 5.13 Å². The summed E-state index contributed by atoms with van der Waals surface area (Å²) in [5, 5.41) is 7.62. The molecular weight excluding hydrogens is 302 g/mol. The maximum absolute atomic E-state index is 11.9. The lowest BCUT2D eigenvalue weighted by atomic mass is 10.3. The van der Waals surface area contributed by atoms with Crippen LogP contribution in [0, 0.1) is 0 Å². The largest absolute Gasteiger partial charge is 0.356 e. The lowest BCUT2D eigenvalue weighted by Gasteiger charge is -2.02. The van der Waals surface area contributed by atoms with E-state index >= 15 is 0 Å². The number of anilines is 1. The van der Waals surface area contributed by atoms with Crippen LogP contribution in [0.15, 0.2) is 23.8 Å². The number of carbonyl (C=O) groups excluding carboxylic acids is 2. The average Bonchev–Trinajstić information content (AvgIpc) is 2.95. The van der Waals surface area contributed by atoms with Gasteiger partial charge in [-0.25, -0.2) is 15.0 Å². The highest BCUT2D eigenvalue weighted by atomic mass is 32.1. The molecule has 2 aromatic heterocycles. The van der Waals surface area contributed by atoms with Gasteiger partial charge in [0.25, 0.3) is 5.91 Å². The molecule has 2 N–H and O–H groups in total. The third kappa shape index (κ3) is 4.88. The molecule has 22 heavy (non-hydrogen) atoms. The minimum absolute atomic E-state index is 0.0666. The van der Waals surface area contributed by atoms with Crippen LogP contribution in [0.3, 0.4) is 0 Å². The van der Waals surface area contributed by atoms with Gasteiger partial charge in [0.1, 0.15) is 0 Å². The lowest BCUT2D eigenvalue weighted by Crippen LogP contribution is -2.26. The van der Waals surface area contributed by atoms with Crippen LogP contribution in [-0.4, -0.2) is 33.3 Å². The predicted octanol–water partition coefficient (Wildman–Crippen LogP) is 1.64. The second-order valence-electron chi connectivity index (χ2n) is 4.55. The van der Waals surface area contributed by atoms with E-state index in [2.05, 4.69) is 32.5 Å². The SMILES string of the molecule is CCCCNC(=O)Cc1csc(NC(=O)c2ncccn2)n1. The summed E-state index contributed by atoms with van der Waals surface area (Å²) in [5.74, 6) is -0.409. The number of hydrogen-bond donors (Lipinski definition) is 2. The molecule has 2 aromatic rings. The normalized spacial score (nSPS) is 10.2. The number of unbranched alkanes of at least 4 members (excludes halogenated alkanes) is 1. The Labute approximate surface area is 132 Å². The second-order valence-corrected chi connectivity index (χ2v) is 5.41. The fourth-order valence-electron chi connectivity index (χ4n) is 1.65. The number of nitrogens with one attached hydrogen (secondary N) is 2. The molecular formula is C14H17N5O2S. The Morgan fingerprint density at radius 1 is 1.27 bits per heavy atom. The highest BCUT2D eigenvalue weighted by Gasteiger charge is 2.12.